The molecule has 3 rings (SSSR count). The Kier molecular flexibility index (Phi) is 10.7. The molecule has 1 aliphatic rings. The number of rotatable bonds is 12. The Hall–Kier alpha value is -2.04. The van der Waals surface area contributed by atoms with Crippen LogP contribution < -0.4 is 9.47 Å². The average Bonchev–Trinajstić information content (AvgIpc) is 2.86. The van der Waals surface area contributed by atoms with E-state index in [1.165, 1.54) is 36.8 Å². The van der Waals surface area contributed by atoms with Gasteiger partial charge in [-0.2, -0.15) is 0 Å². The molecule has 38 heavy (non-hydrogen) atoms. The van der Waals surface area contributed by atoms with Crippen LogP contribution in [0.15, 0.2) is 48.5 Å². The fourth-order valence-electron chi connectivity index (χ4n) is 4.93. The second-order valence-corrected chi connectivity index (χ2v) is 13.1. The van der Waals surface area contributed by atoms with Gasteiger partial charge in [0.2, 0.25) is 0 Å². The molecule has 0 bridgehead atoms. The van der Waals surface area contributed by atoms with E-state index in [9.17, 15) is 0 Å². The van der Waals surface area contributed by atoms with Gasteiger partial charge in [0, 0.05) is 12.0 Å². The van der Waals surface area contributed by atoms with E-state index in [0.29, 0.717) is 11.8 Å². The Morgan fingerprint density at radius 2 is 1.05 bits per heavy atom. The van der Waals surface area contributed by atoms with Crippen LogP contribution in [-0.4, -0.2) is 31.7 Å². The molecule has 0 saturated heterocycles. The zero-order chi connectivity index (χ0) is 27.9. The lowest BCUT2D eigenvalue weighted by molar-refractivity contribution is -0.0857. The number of hydrogen-bond donors (Lipinski definition) is 0. The van der Waals surface area contributed by atoms with Crippen LogP contribution in [0.1, 0.15) is 99.1 Å². The normalized spacial score (nSPS) is 20.3. The zero-order valence-electron chi connectivity index (χ0n) is 25.4. The summed E-state index contributed by atoms with van der Waals surface area (Å²) >= 11 is 0. The summed E-state index contributed by atoms with van der Waals surface area (Å²) in [5.41, 5.74) is 2.58. The minimum atomic E-state index is -0.268. The first-order valence-electron chi connectivity index (χ1n) is 14.6. The summed E-state index contributed by atoms with van der Waals surface area (Å²) in [5.74, 6) is 3.04. The number of benzene rings is 2. The molecule has 2 atom stereocenters. The summed E-state index contributed by atoms with van der Waals surface area (Å²) in [4.78, 5) is 0. The standard InChI is InChI=1S/C34H52O4/c1-24(2)37-31-18-14-29(15-19-31)34(8,9)30-16-20-32(21-17-30)38-26(4)36-23-28-12-10-27(11-13-28)22-35-25(3)33(5,6)7/h14-21,24-28H,10-13,22-23H2,1-9H3. The largest absolute Gasteiger partial charge is 0.491 e. The Balaban J connectivity index is 1.42. The van der Waals surface area contributed by atoms with Gasteiger partial charge in [-0.15, -0.1) is 0 Å². The van der Waals surface area contributed by atoms with Crippen molar-refractivity contribution in [1.29, 1.82) is 0 Å². The fourth-order valence-corrected chi connectivity index (χ4v) is 4.93. The van der Waals surface area contributed by atoms with E-state index in [-0.39, 0.29) is 29.3 Å². The van der Waals surface area contributed by atoms with Gasteiger partial charge in [-0.3, -0.25) is 0 Å². The first-order chi connectivity index (χ1) is 17.8. The molecule has 0 amide bonds. The summed E-state index contributed by atoms with van der Waals surface area (Å²) < 4.78 is 24.2. The molecule has 0 radical (unpaired) electrons. The van der Waals surface area contributed by atoms with E-state index in [2.05, 4.69) is 90.1 Å². The predicted molar refractivity (Wildman–Crippen MR) is 157 cm³/mol. The summed E-state index contributed by atoms with van der Waals surface area (Å²) in [6.07, 6.45) is 5.07. The molecule has 0 aromatic heterocycles. The predicted octanol–water partition coefficient (Wildman–Crippen LogP) is 8.80. The second kappa shape index (κ2) is 13.3. The van der Waals surface area contributed by atoms with Crippen molar-refractivity contribution in [3.05, 3.63) is 59.7 Å². The molecule has 4 heteroatoms. The van der Waals surface area contributed by atoms with Crippen molar-refractivity contribution in [2.75, 3.05) is 13.2 Å². The first-order valence-corrected chi connectivity index (χ1v) is 14.6. The molecule has 1 saturated carbocycles. The van der Waals surface area contributed by atoms with Crippen molar-refractivity contribution in [2.45, 2.75) is 112 Å². The SMILES string of the molecule is CC(C)Oc1ccc(C(C)(C)c2ccc(OC(C)OCC3CCC(COC(C)C(C)(C)C)CC3)cc2)cc1. The molecule has 2 aromatic rings. The molecule has 0 N–H and O–H groups in total. The number of hydrogen-bond acceptors (Lipinski definition) is 4. The molecular formula is C34H52O4. The van der Waals surface area contributed by atoms with Crippen LogP contribution in [0.4, 0.5) is 0 Å². The average molecular weight is 525 g/mol. The molecule has 0 heterocycles. The Labute approximate surface area is 232 Å². The van der Waals surface area contributed by atoms with Gasteiger partial charge in [0.15, 0.2) is 6.29 Å². The van der Waals surface area contributed by atoms with Crippen LogP contribution in [0.5, 0.6) is 11.5 Å². The van der Waals surface area contributed by atoms with E-state index in [1.54, 1.807) is 0 Å². The van der Waals surface area contributed by atoms with Crippen LogP contribution in [0.25, 0.3) is 0 Å². The van der Waals surface area contributed by atoms with E-state index in [0.717, 1.165) is 24.7 Å². The molecule has 4 nitrogen and oxygen atoms in total. The number of ether oxygens (including phenoxy) is 4. The summed E-state index contributed by atoms with van der Waals surface area (Å²) in [7, 11) is 0. The van der Waals surface area contributed by atoms with Crippen molar-refractivity contribution < 1.29 is 18.9 Å². The van der Waals surface area contributed by atoms with Gasteiger partial charge in [0.25, 0.3) is 0 Å². The van der Waals surface area contributed by atoms with E-state index in [4.69, 9.17) is 18.9 Å². The highest BCUT2D eigenvalue weighted by Gasteiger charge is 2.26. The van der Waals surface area contributed by atoms with Crippen molar-refractivity contribution in [2.24, 2.45) is 17.3 Å². The van der Waals surface area contributed by atoms with Crippen molar-refractivity contribution in [3.63, 3.8) is 0 Å². The first kappa shape index (κ1) is 30.5. The third-order valence-electron chi connectivity index (χ3n) is 8.16. The smallest absolute Gasteiger partial charge is 0.196 e. The lowest BCUT2D eigenvalue weighted by atomic mass is 9.78. The van der Waals surface area contributed by atoms with E-state index < -0.39 is 0 Å². The van der Waals surface area contributed by atoms with E-state index >= 15 is 0 Å². The summed E-state index contributed by atoms with van der Waals surface area (Å²) in [6.45, 7) is 21.1. The van der Waals surface area contributed by atoms with Crippen LogP contribution in [0.3, 0.4) is 0 Å². The molecule has 0 spiro atoms. The maximum atomic E-state index is 6.16. The van der Waals surface area contributed by atoms with Crippen molar-refractivity contribution in [1.82, 2.24) is 0 Å². The summed E-state index contributed by atoms with van der Waals surface area (Å²) in [6, 6.07) is 16.8. The Morgan fingerprint density at radius 1 is 0.632 bits per heavy atom. The molecule has 0 aliphatic heterocycles. The maximum absolute atomic E-state index is 6.16. The maximum Gasteiger partial charge on any atom is 0.196 e. The van der Waals surface area contributed by atoms with Gasteiger partial charge >= 0.3 is 0 Å². The second-order valence-electron chi connectivity index (χ2n) is 13.1. The Morgan fingerprint density at radius 3 is 1.47 bits per heavy atom. The minimum Gasteiger partial charge on any atom is -0.491 e. The summed E-state index contributed by atoms with van der Waals surface area (Å²) in [5, 5.41) is 0. The third kappa shape index (κ3) is 9.02. The highest BCUT2D eigenvalue weighted by Crippen LogP contribution is 2.34. The van der Waals surface area contributed by atoms with Gasteiger partial charge in [0.1, 0.15) is 11.5 Å². The van der Waals surface area contributed by atoms with Crippen LogP contribution in [0.2, 0.25) is 0 Å². The molecular weight excluding hydrogens is 472 g/mol. The third-order valence-corrected chi connectivity index (χ3v) is 8.16. The van der Waals surface area contributed by atoms with Gasteiger partial charge in [-0.05, 0) is 106 Å². The topological polar surface area (TPSA) is 36.9 Å². The Bertz CT molecular complexity index is 947. The fraction of sp³-hybridized carbons (Fsp3) is 0.647. The zero-order valence-corrected chi connectivity index (χ0v) is 25.4. The van der Waals surface area contributed by atoms with Gasteiger partial charge in [-0.1, -0.05) is 58.9 Å². The van der Waals surface area contributed by atoms with Gasteiger partial charge < -0.3 is 18.9 Å². The highest BCUT2D eigenvalue weighted by molar-refractivity contribution is 5.41. The van der Waals surface area contributed by atoms with Gasteiger partial charge in [0.05, 0.1) is 18.8 Å². The van der Waals surface area contributed by atoms with E-state index in [1.807, 2.05) is 20.8 Å². The van der Waals surface area contributed by atoms with Crippen molar-refractivity contribution in [3.8, 4) is 11.5 Å². The monoisotopic (exact) mass is 524 g/mol. The lowest BCUT2D eigenvalue weighted by Crippen LogP contribution is -2.30. The molecule has 1 aliphatic carbocycles. The highest BCUT2D eigenvalue weighted by atomic mass is 16.7. The minimum absolute atomic E-state index is 0.119. The van der Waals surface area contributed by atoms with Crippen LogP contribution in [-0.2, 0) is 14.9 Å². The van der Waals surface area contributed by atoms with Gasteiger partial charge in [-0.25, -0.2) is 0 Å². The van der Waals surface area contributed by atoms with Crippen LogP contribution >= 0.6 is 0 Å². The molecule has 2 unspecified atom stereocenters. The quantitative estimate of drug-likeness (QED) is 0.260. The van der Waals surface area contributed by atoms with Crippen LogP contribution in [0, 0.1) is 17.3 Å². The molecule has 212 valence electrons. The van der Waals surface area contributed by atoms with Crippen molar-refractivity contribution >= 4 is 0 Å². The molecule has 2 aromatic carbocycles. The molecule has 1 fully saturated rings. The lowest BCUT2D eigenvalue weighted by Gasteiger charge is -2.32.